The van der Waals surface area contributed by atoms with Crippen LogP contribution in [0.5, 0.6) is 0 Å². The Morgan fingerprint density at radius 3 is 2.17 bits per heavy atom. The summed E-state index contributed by atoms with van der Waals surface area (Å²) in [4.78, 5) is 12.1. The molecule has 1 aromatic carbocycles. The number of amides is 1. The molecule has 136 valence electrons. The highest BCUT2D eigenvalue weighted by Crippen LogP contribution is 2.16. The van der Waals surface area contributed by atoms with Gasteiger partial charge in [-0.15, -0.1) is 0 Å². The van der Waals surface area contributed by atoms with Gasteiger partial charge < -0.3 is 10.4 Å². The van der Waals surface area contributed by atoms with Crippen LogP contribution in [0, 0.1) is 5.92 Å². The van der Waals surface area contributed by atoms with Gasteiger partial charge in [0.1, 0.15) is 0 Å². The summed E-state index contributed by atoms with van der Waals surface area (Å²) in [7, 11) is 0. The highest BCUT2D eigenvalue weighted by molar-refractivity contribution is 5.76. The van der Waals surface area contributed by atoms with Gasteiger partial charge in [-0.25, -0.2) is 0 Å². The van der Waals surface area contributed by atoms with Crippen LogP contribution in [0.3, 0.4) is 0 Å². The molecule has 1 aromatic rings. The summed E-state index contributed by atoms with van der Waals surface area (Å²) in [6, 6.07) is 10.2. The number of aliphatic hydroxyl groups is 1. The zero-order valence-corrected chi connectivity index (χ0v) is 15.5. The Hall–Kier alpha value is -1.35. The van der Waals surface area contributed by atoms with Gasteiger partial charge >= 0.3 is 0 Å². The summed E-state index contributed by atoms with van der Waals surface area (Å²) in [5, 5.41) is 11.8. The molecule has 1 amide bonds. The van der Waals surface area contributed by atoms with E-state index in [1.54, 1.807) is 0 Å². The minimum atomic E-state index is 0.0739. The SMILES string of the molecule is C[C@H](CCCCCCCCCO)CC(=O)N[C@H](C)c1ccccc1. The van der Waals surface area contributed by atoms with E-state index < -0.39 is 0 Å². The second-order valence-corrected chi connectivity index (χ2v) is 7.00. The average molecular weight is 334 g/mol. The van der Waals surface area contributed by atoms with Gasteiger partial charge in [-0.05, 0) is 24.8 Å². The largest absolute Gasteiger partial charge is 0.396 e. The molecule has 3 nitrogen and oxygen atoms in total. The summed E-state index contributed by atoms with van der Waals surface area (Å²) in [6.45, 7) is 4.53. The van der Waals surface area contributed by atoms with Crippen molar-refractivity contribution in [3.63, 3.8) is 0 Å². The van der Waals surface area contributed by atoms with Crippen LogP contribution in [0.4, 0.5) is 0 Å². The van der Waals surface area contributed by atoms with Gasteiger partial charge in [-0.2, -0.15) is 0 Å². The van der Waals surface area contributed by atoms with E-state index in [4.69, 9.17) is 5.11 Å². The quantitative estimate of drug-likeness (QED) is 0.499. The number of rotatable bonds is 13. The normalized spacial score (nSPS) is 13.5. The number of carbonyl (C=O) groups excluding carboxylic acids is 1. The molecule has 0 radical (unpaired) electrons. The van der Waals surface area contributed by atoms with E-state index in [-0.39, 0.29) is 11.9 Å². The molecule has 0 saturated heterocycles. The maximum Gasteiger partial charge on any atom is 0.220 e. The Labute approximate surface area is 147 Å². The number of hydrogen-bond acceptors (Lipinski definition) is 2. The minimum absolute atomic E-state index is 0.0739. The van der Waals surface area contributed by atoms with Crippen LogP contribution in [0.2, 0.25) is 0 Å². The number of carbonyl (C=O) groups is 1. The molecule has 0 aliphatic heterocycles. The molecule has 0 bridgehead atoms. The molecule has 0 aliphatic carbocycles. The number of nitrogens with one attached hydrogen (secondary N) is 1. The molecular weight excluding hydrogens is 298 g/mol. The fraction of sp³-hybridized carbons (Fsp3) is 0.667. The van der Waals surface area contributed by atoms with Gasteiger partial charge in [0, 0.05) is 13.0 Å². The molecule has 0 aromatic heterocycles. The molecule has 0 aliphatic rings. The summed E-state index contributed by atoms with van der Waals surface area (Å²) < 4.78 is 0. The van der Waals surface area contributed by atoms with E-state index in [1.165, 1.54) is 32.1 Å². The molecular formula is C21H35NO2. The van der Waals surface area contributed by atoms with E-state index in [0.717, 1.165) is 24.8 Å². The van der Waals surface area contributed by atoms with Gasteiger partial charge in [-0.1, -0.05) is 82.2 Å². The predicted octanol–water partition coefficient (Wildman–Crippen LogP) is 5.00. The van der Waals surface area contributed by atoms with Crippen LogP contribution in [0.15, 0.2) is 30.3 Å². The first-order chi connectivity index (χ1) is 11.6. The van der Waals surface area contributed by atoms with Crippen LogP contribution in [-0.4, -0.2) is 17.6 Å². The summed E-state index contributed by atoms with van der Waals surface area (Å²) in [5.41, 5.74) is 1.15. The van der Waals surface area contributed by atoms with Crippen LogP contribution < -0.4 is 5.32 Å². The lowest BCUT2D eigenvalue weighted by molar-refractivity contribution is -0.122. The fourth-order valence-electron chi connectivity index (χ4n) is 3.03. The van der Waals surface area contributed by atoms with Gasteiger partial charge in [0.25, 0.3) is 0 Å². The lowest BCUT2D eigenvalue weighted by Crippen LogP contribution is -2.27. The Balaban J connectivity index is 2.07. The number of unbranched alkanes of at least 4 members (excludes halogenated alkanes) is 6. The third-order valence-electron chi connectivity index (χ3n) is 4.57. The standard InChI is InChI=1S/C21H35NO2/c1-18(13-9-6-4-3-5-7-12-16-23)17-21(24)22-19(2)20-14-10-8-11-15-20/h8,10-11,14-15,18-19,23H,3-7,9,12-13,16-17H2,1-2H3,(H,22,24)/t18-,19-/m1/s1. The Bertz CT molecular complexity index is 433. The van der Waals surface area contributed by atoms with Crippen molar-refractivity contribution >= 4 is 5.91 Å². The van der Waals surface area contributed by atoms with Crippen molar-refractivity contribution in [3.8, 4) is 0 Å². The van der Waals surface area contributed by atoms with E-state index >= 15 is 0 Å². The van der Waals surface area contributed by atoms with E-state index in [0.29, 0.717) is 18.9 Å². The molecule has 0 saturated carbocycles. The molecule has 3 heteroatoms. The van der Waals surface area contributed by atoms with Gasteiger partial charge in [-0.3, -0.25) is 4.79 Å². The van der Waals surface area contributed by atoms with E-state index in [1.807, 2.05) is 25.1 Å². The van der Waals surface area contributed by atoms with Crippen LogP contribution in [0.1, 0.15) is 83.2 Å². The summed E-state index contributed by atoms with van der Waals surface area (Å²) >= 11 is 0. The molecule has 0 spiro atoms. The average Bonchev–Trinajstić information content (AvgIpc) is 2.58. The van der Waals surface area contributed by atoms with Crippen molar-refractivity contribution in [2.24, 2.45) is 5.92 Å². The van der Waals surface area contributed by atoms with Crippen molar-refractivity contribution in [2.75, 3.05) is 6.61 Å². The zero-order valence-electron chi connectivity index (χ0n) is 15.5. The first-order valence-electron chi connectivity index (χ1n) is 9.58. The highest BCUT2D eigenvalue weighted by atomic mass is 16.2. The monoisotopic (exact) mass is 333 g/mol. The topological polar surface area (TPSA) is 49.3 Å². The molecule has 2 atom stereocenters. The van der Waals surface area contributed by atoms with Crippen molar-refractivity contribution in [2.45, 2.75) is 77.7 Å². The van der Waals surface area contributed by atoms with Crippen molar-refractivity contribution in [3.05, 3.63) is 35.9 Å². The zero-order chi connectivity index (χ0) is 17.6. The lowest BCUT2D eigenvalue weighted by Gasteiger charge is -2.16. The summed E-state index contributed by atoms with van der Waals surface area (Å²) in [6.07, 6.45) is 10.1. The number of aliphatic hydroxyl groups excluding tert-OH is 1. The van der Waals surface area contributed by atoms with Crippen LogP contribution in [0.25, 0.3) is 0 Å². The lowest BCUT2D eigenvalue weighted by atomic mass is 9.98. The maximum absolute atomic E-state index is 12.1. The molecule has 24 heavy (non-hydrogen) atoms. The van der Waals surface area contributed by atoms with Crippen molar-refractivity contribution < 1.29 is 9.90 Å². The van der Waals surface area contributed by atoms with Gasteiger partial charge in [0.05, 0.1) is 6.04 Å². The Morgan fingerprint density at radius 2 is 1.54 bits per heavy atom. The molecule has 0 fully saturated rings. The van der Waals surface area contributed by atoms with E-state index in [2.05, 4.69) is 24.4 Å². The predicted molar refractivity (Wildman–Crippen MR) is 101 cm³/mol. The third-order valence-corrected chi connectivity index (χ3v) is 4.57. The Kier molecular flexibility index (Phi) is 11.2. The molecule has 2 N–H and O–H groups in total. The van der Waals surface area contributed by atoms with Gasteiger partial charge in [0.2, 0.25) is 5.91 Å². The first kappa shape index (κ1) is 20.7. The summed E-state index contributed by atoms with van der Waals surface area (Å²) in [5.74, 6) is 0.602. The second kappa shape index (κ2) is 13.0. The second-order valence-electron chi connectivity index (χ2n) is 7.00. The first-order valence-corrected chi connectivity index (χ1v) is 9.58. The molecule has 1 rings (SSSR count). The van der Waals surface area contributed by atoms with Gasteiger partial charge in [0.15, 0.2) is 0 Å². The van der Waals surface area contributed by atoms with E-state index in [9.17, 15) is 4.79 Å². The number of benzene rings is 1. The third kappa shape index (κ3) is 9.71. The fourth-order valence-corrected chi connectivity index (χ4v) is 3.03. The van der Waals surface area contributed by atoms with Crippen molar-refractivity contribution in [1.82, 2.24) is 5.32 Å². The number of hydrogen-bond donors (Lipinski definition) is 2. The highest BCUT2D eigenvalue weighted by Gasteiger charge is 2.12. The Morgan fingerprint density at radius 1 is 0.958 bits per heavy atom. The smallest absolute Gasteiger partial charge is 0.220 e. The van der Waals surface area contributed by atoms with Crippen LogP contribution >= 0.6 is 0 Å². The minimum Gasteiger partial charge on any atom is -0.396 e. The molecule has 0 unspecified atom stereocenters. The van der Waals surface area contributed by atoms with Crippen molar-refractivity contribution in [1.29, 1.82) is 0 Å². The molecule has 0 heterocycles. The van der Waals surface area contributed by atoms with Crippen LogP contribution in [-0.2, 0) is 4.79 Å². The maximum atomic E-state index is 12.1.